The lowest BCUT2D eigenvalue weighted by molar-refractivity contribution is -0.121. The Labute approximate surface area is 234 Å². The maximum absolute atomic E-state index is 14.2. The van der Waals surface area contributed by atoms with Crippen molar-refractivity contribution in [2.24, 2.45) is 5.92 Å². The molecule has 5 rings (SSSR count). The summed E-state index contributed by atoms with van der Waals surface area (Å²) in [4.78, 5) is 38.5. The molecule has 0 unspecified atom stereocenters. The third-order valence-corrected chi connectivity index (χ3v) is 8.16. The van der Waals surface area contributed by atoms with Crippen LogP contribution in [-0.2, 0) is 4.79 Å². The van der Waals surface area contributed by atoms with Crippen LogP contribution in [-0.4, -0.2) is 28.9 Å². The monoisotopic (exact) mass is 576 g/mol. The minimum atomic E-state index is -0.691. The number of benzene rings is 2. The minimum Gasteiger partial charge on any atom is -0.486 e. The van der Waals surface area contributed by atoms with Gasteiger partial charge in [0, 0.05) is 36.2 Å². The molecule has 1 heterocycles. The van der Waals surface area contributed by atoms with Gasteiger partial charge in [-0.15, -0.1) is 0 Å². The summed E-state index contributed by atoms with van der Waals surface area (Å²) in [5.41, 5.74) is 0.0290. The van der Waals surface area contributed by atoms with Gasteiger partial charge in [0.2, 0.25) is 5.43 Å². The average molecular weight is 577 g/mol. The van der Waals surface area contributed by atoms with Gasteiger partial charge in [-0.1, -0.05) is 23.2 Å². The van der Waals surface area contributed by atoms with Gasteiger partial charge in [0.05, 0.1) is 15.6 Å². The van der Waals surface area contributed by atoms with E-state index in [1.807, 2.05) is 4.57 Å². The second-order valence-electron chi connectivity index (χ2n) is 10.4. The Morgan fingerprint density at radius 2 is 1.69 bits per heavy atom. The van der Waals surface area contributed by atoms with Gasteiger partial charge in [0.1, 0.15) is 29.6 Å². The van der Waals surface area contributed by atoms with Crippen molar-refractivity contribution in [3.63, 3.8) is 0 Å². The number of halogens is 4. The van der Waals surface area contributed by atoms with Gasteiger partial charge in [0.25, 0.3) is 5.91 Å². The molecule has 0 spiro atoms. The van der Waals surface area contributed by atoms with Crippen LogP contribution in [0.1, 0.15) is 67.8 Å². The van der Waals surface area contributed by atoms with E-state index in [9.17, 15) is 23.2 Å². The molecule has 0 radical (unpaired) electrons. The Balaban J connectivity index is 1.13. The fraction of sp³-hybridized carbons (Fsp3) is 0.414. The molecule has 1 amide bonds. The topological polar surface area (TPSA) is 77.4 Å². The predicted octanol–water partition coefficient (Wildman–Crippen LogP) is 6.64. The van der Waals surface area contributed by atoms with E-state index in [1.165, 1.54) is 18.2 Å². The summed E-state index contributed by atoms with van der Waals surface area (Å²) in [7, 11) is 0. The zero-order valence-corrected chi connectivity index (χ0v) is 22.7. The molecular weight excluding hydrogens is 549 g/mol. The van der Waals surface area contributed by atoms with E-state index in [-0.39, 0.29) is 51.2 Å². The molecule has 3 aromatic rings. The van der Waals surface area contributed by atoms with Gasteiger partial charge in [-0.05, 0) is 75.1 Å². The largest absolute Gasteiger partial charge is 0.486 e. The quantitative estimate of drug-likeness (QED) is 0.310. The lowest BCUT2D eigenvalue weighted by Crippen LogP contribution is -2.40. The number of hydrogen-bond donors (Lipinski definition) is 1. The van der Waals surface area contributed by atoms with Crippen LogP contribution in [0.2, 0.25) is 10.0 Å². The van der Waals surface area contributed by atoms with E-state index in [0.717, 1.165) is 50.7 Å². The number of rotatable bonds is 9. The Hall–Kier alpha value is -2.97. The number of hydrogen-bond acceptors (Lipinski definition) is 4. The molecule has 0 atom stereocenters. The number of carbonyl (C=O) groups excluding carboxylic acids is 2. The van der Waals surface area contributed by atoms with Crippen molar-refractivity contribution >= 4 is 45.8 Å². The smallest absolute Gasteiger partial charge is 0.256 e. The molecule has 1 aromatic heterocycles. The van der Waals surface area contributed by atoms with E-state index >= 15 is 0 Å². The summed E-state index contributed by atoms with van der Waals surface area (Å²) >= 11 is 11.6. The molecule has 39 heavy (non-hydrogen) atoms. The standard InChI is InChI=1S/C29H28Cl2F2N2O4/c30-23-10-9-20(11-25(23)32)39-15-19(36)8-3-16-1-4-17(5-2-16)34-29(38)22-14-35(18-6-7-18)27-13-24(31)26(33)12-21(27)28(22)37/h9-14,16-18H,1-8,15H2,(H,34,38). The molecule has 2 fully saturated rings. The number of fused-ring (bicyclic) bond motifs is 1. The van der Waals surface area contributed by atoms with Gasteiger partial charge in [-0.2, -0.15) is 0 Å². The molecule has 0 bridgehead atoms. The van der Waals surface area contributed by atoms with Crippen molar-refractivity contribution in [1.82, 2.24) is 9.88 Å². The molecule has 206 valence electrons. The molecule has 2 aliphatic rings. The molecular formula is C29H28Cl2F2N2O4. The van der Waals surface area contributed by atoms with E-state index in [1.54, 1.807) is 6.20 Å². The zero-order chi connectivity index (χ0) is 27.7. The second-order valence-corrected chi connectivity index (χ2v) is 11.2. The maximum Gasteiger partial charge on any atom is 0.256 e. The zero-order valence-electron chi connectivity index (χ0n) is 21.2. The lowest BCUT2D eigenvalue weighted by Gasteiger charge is -2.29. The summed E-state index contributed by atoms with van der Waals surface area (Å²) in [6, 6.07) is 6.69. The maximum atomic E-state index is 14.2. The third kappa shape index (κ3) is 6.44. The summed E-state index contributed by atoms with van der Waals surface area (Å²) in [6.45, 7) is -0.132. The van der Waals surface area contributed by atoms with Crippen LogP contribution in [0.15, 0.2) is 41.3 Å². The van der Waals surface area contributed by atoms with Crippen LogP contribution < -0.4 is 15.5 Å². The first kappa shape index (κ1) is 27.6. The highest BCUT2D eigenvalue weighted by atomic mass is 35.5. The summed E-state index contributed by atoms with van der Waals surface area (Å²) in [5.74, 6) is -1.22. The highest BCUT2D eigenvalue weighted by molar-refractivity contribution is 6.31. The van der Waals surface area contributed by atoms with Crippen LogP contribution in [0.3, 0.4) is 0 Å². The summed E-state index contributed by atoms with van der Waals surface area (Å²) < 4.78 is 34.9. The number of aromatic nitrogens is 1. The van der Waals surface area contributed by atoms with E-state index in [0.29, 0.717) is 24.3 Å². The molecule has 6 nitrogen and oxygen atoms in total. The number of nitrogens with zero attached hydrogens (tertiary/aromatic N) is 1. The number of nitrogens with one attached hydrogen (secondary N) is 1. The molecule has 1 N–H and O–H groups in total. The van der Waals surface area contributed by atoms with Crippen LogP contribution in [0, 0.1) is 17.6 Å². The molecule has 10 heteroatoms. The van der Waals surface area contributed by atoms with E-state index < -0.39 is 23.0 Å². The Bertz CT molecular complexity index is 1480. The van der Waals surface area contributed by atoms with Crippen molar-refractivity contribution < 1.29 is 23.1 Å². The van der Waals surface area contributed by atoms with Crippen molar-refractivity contribution in [1.29, 1.82) is 0 Å². The number of amides is 1. The summed E-state index contributed by atoms with van der Waals surface area (Å²) in [5, 5.41) is 3.07. The average Bonchev–Trinajstić information content (AvgIpc) is 3.76. The van der Waals surface area contributed by atoms with E-state index in [4.69, 9.17) is 27.9 Å². The Morgan fingerprint density at radius 3 is 2.38 bits per heavy atom. The van der Waals surface area contributed by atoms with Gasteiger partial charge >= 0.3 is 0 Å². The fourth-order valence-electron chi connectivity index (χ4n) is 5.19. The molecule has 2 aliphatic carbocycles. The van der Waals surface area contributed by atoms with Crippen molar-refractivity contribution in [2.45, 2.75) is 63.5 Å². The molecule has 2 saturated carbocycles. The highest BCUT2D eigenvalue weighted by Gasteiger charge is 2.29. The first-order valence-corrected chi connectivity index (χ1v) is 13.9. The van der Waals surface area contributed by atoms with Crippen LogP contribution in [0.25, 0.3) is 10.9 Å². The van der Waals surface area contributed by atoms with Crippen LogP contribution in [0.5, 0.6) is 5.75 Å². The van der Waals surface area contributed by atoms with Crippen molar-refractivity contribution in [3.05, 3.63) is 74.0 Å². The van der Waals surface area contributed by atoms with Gasteiger partial charge < -0.3 is 14.6 Å². The van der Waals surface area contributed by atoms with Gasteiger partial charge in [0.15, 0.2) is 5.78 Å². The number of carbonyl (C=O) groups is 2. The highest BCUT2D eigenvalue weighted by Crippen LogP contribution is 2.38. The lowest BCUT2D eigenvalue weighted by atomic mass is 9.83. The number of pyridine rings is 1. The first-order chi connectivity index (χ1) is 18.7. The van der Waals surface area contributed by atoms with Gasteiger partial charge in [-0.3, -0.25) is 14.4 Å². The molecule has 0 aliphatic heterocycles. The Kier molecular flexibility index (Phi) is 8.24. The van der Waals surface area contributed by atoms with Crippen molar-refractivity contribution in [2.75, 3.05) is 6.61 Å². The number of Topliss-reactive ketones (excluding diaryl/α,β-unsaturated/α-hetero) is 1. The fourth-order valence-corrected chi connectivity index (χ4v) is 5.46. The normalized spacial score (nSPS) is 19.2. The molecule has 2 aromatic carbocycles. The first-order valence-electron chi connectivity index (χ1n) is 13.1. The Morgan fingerprint density at radius 1 is 0.974 bits per heavy atom. The van der Waals surface area contributed by atoms with Gasteiger partial charge in [-0.25, -0.2) is 8.78 Å². The number of ketones is 1. The van der Waals surface area contributed by atoms with Crippen LogP contribution in [0.4, 0.5) is 8.78 Å². The minimum absolute atomic E-state index is 0.00408. The van der Waals surface area contributed by atoms with Crippen LogP contribution >= 0.6 is 23.2 Å². The second kappa shape index (κ2) is 11.6. The molecule has 0 saturated heterocycles. The van der Waals surface area contributed by atoms with E-state index in [2.05, 4.69) is 5.32 Å². The predicted molar refractivity (Wildman–Crippen MR) is 146 cm³/mol. The number of ether oxygens (including phenoxy) is 1. The third-order valence-electron chi connectivity index (χ3n) is 7.56. The summed E-state index contributed by atoms with van der Waals surface area (Å²) in [6.07, 6.45) is 7.64. The SMILES string of the molecule is O=C(CCC1CCC(NC(=O)c2cn(C3CC3)c3cc(Cl)c(F)cc3c2=O)CC1)COc1ccc(Cl)c(F)c1. The van der Waals surface area contributed by atoms with Crippen molar-refractivity contribution in [3.8, 4) is 5.75 Å².